The third-order valence-corrected chi connectivity index (χ3v) is 5.80. The smallest absolute Gasteiger partial charge is 0.202 e. The molecule has 0 amide bonds. The molecule has 3 rings (SSSR count). The van der Waals surface area contributed by atoms with E-state index in [9.17, 15) is 4.55 Å². The molecule has 2 atom stereocenters. The van der Waals surface area contributed by atoms with Gasteiger partial charge in [0.25, 0.3) is 0 Å². The van der Waals surface area contributed by atoms with Crippen LogP contribution in [0.15, 0.2) is 12.4 Å². The van der Waals surface area contributed by atoms with Gasteiger partial charge in [0.2, 0.25) is 4.75 Å². The van der Waals surface area contributed by atoms with E-state index in [-0.39, 0.29) is 4.75 Å². The van der Waals surface area contributed by atoms with Crippen molar-refractivity contribution >= 4 is 17.0 Å². The molecule has 1 saturated carbocycles. The fraction of sp³-hybridized carbons (Fsp3) is 0.692. The Morgan fingerprint density at radius 1 is 1.47 bits per heavy atom. The zero-order valence-corrected chi connectivity index (χ0v) is 12.2. The van der Waals surface area contributed by atoms with Crippen molar-refractivity contribution in [2.75, 3.05) is 30.9 Å². The normalized spacial score (nSPS) is 27.1. The van der Waals surface area contributed by atoms with Crippen LogP contribution < -0.4 is 4.90 Å². The summed E-state index contributed by atoms with van der Waals surface area (Å²) < 4.78 is 15.3. The van der Waals surface area contributed by atoms with Crippen LogP contribution in [-0.2, 0) is 20.7 Å². The number of aromatic nitrogens is 2. The van der Waals surface area contributed by atoms with Gasteiger partial charge in [-0.15, -0.1) is 0 Å². The van der Waals surface area contributed by atoms with Crippen LogP contribution >= 0.6 is 0 Å². The zero-order chi connectivity index (χ0) is 13.5. The maximum Gasteiger partial charge on any atom is 0.202 e. The number of rotatable bonds is 3. The van der Waals surface area contributed by atoms with Crippen molar-refractivity contribution < 1.29 is 9.29 Å². The third-order valence-electron chi connectivity index (χ3n) is 4.05. The summed E-state index contributed by atoms with van der Waals surface area (Å²) in [5.41, 5.74) is 0.990. The zero-order valence-electron chi connectivity index (χ0n) is 11.4. The summed E-state index contributed by atoms with van der Waals surface area (Å²) in [5.74, 6) is 0.956. The van der Waals surface area contributed by atoms with E-state index in [1.165, 1.54) is 0 Å². The maximum atomic E-state index is 9.98. The first-order chi connectivity index (χ1) is 9.13. The fourth-order valence-electron chi connectivity index (χ4n) is 2.64. The average Bonchev–Trinajstić information content (AvgIpc) is 3.21. The Morgan fingerprint density at radius 2 is 2.26 bits per heavy atom. The molecule has 1 aliphatic heterocycles. The highest BCUT2D eigenvalue weighted by Crippen LogP contribution is 2.51. The molecule has 2 aliphatic rings. The molecule has 2 heterocycles. The molecule has 1 saturated heterocycles. The Bertz CT molecular complexity index is 465. The Morgan fingerprint density at radius 3 is 2.89 bits per heavy atom. The van der Waals surface area contributed by atoms with E-state index in [1.807, 2.05) is 6.26 Å². The first-order valence-corrected chi connectivity index (χ1v) is 8.24. The minimum atomic E-state index is -0.621. The monoisotopic (exact) mass is 282 g/mol. The average molecular weight is 282 g/mol. The third kappa shape index (κ3) is 2.32. The first kappa shape index (κ1) is 13.1. The molecule has 5 nitrogen and oxygen atoms in total. The van der Waals surface area contributed by atoms with Gasteiger partial charge in [-0.25, -0.2) is 9.97 Å². The first-order valence-electron chi connectivity index (χ1n) is 6.65. The van der Waals surface area contributed by atoms with Crippen molar-refractivity contribution in [1.29, 1.82) is 0 Å². The van der Waals surface area contributed by atoms with Crippen LogP contribution in [0, 0.1) is 0 Å². The highest BCUT2D eigenvalue weighted by Gasteiger charge is 2.60. The lowest BCUT2D eigenvalue weighted by atomic mass is 10.2. The molecule has 0 spiro atoms. The maximum absolute atomic E-state index is 9.98. The van der Waals surface area contributed by atoms with Crippen LogP contribution in [0.1, 0.15) is 25.5 Å². The highest BCUT2D eigenvalue weighted by atomic mass is 32.2. The van der Waals surface area contributed by atoms with Crippen molar-refractivity contribution in [3.05, 3.63) is 18.1 Å². The van der Waals surface area contributed by atoms with Gasteiger partial charge in [0.05, 0.1) is 19.3 Å². The van der Waals surface area contributed by atoms with Gasteiger partial charge in [-0.05, 0) is 6.92 Å². The van der Waals surface area contributed by atoms with Gasteiger partial charge in [-0.3, -0.25) is 0 Å². The van der Waals surface area contributed by atoms with E-state index in [0.717, 1.165) is 44.1 Å². The van der Waals surface area contributed by atoms with E-state index in [1.54, 1.807) is 6.33 Å². The minimum Gasteiger partial charge on any atom is -0.377 e. The summed E-state index contributed by atoms with van der Waals surface area (Å²) in [7, 11) is 0. The lowest BCUT2D eigenvalue weighted by Gasteiger charge is -2.34. The van der Waals surface area contributed by atoms with Crippen LogP contribution in [-0.4, -0.2) is 46.6 Å². The summed E-state index contributed by atoms with van der Waals surface area (Å²) in [5, 5.41) is 0. The minimum absolute atomic E-state index is 0.104. The van der Waals surface area contributed by atoms with Crippen LogP contribution in [0.5, 0.6) is 0 Å². The van der Waals surface area contributed by atoms with Gasteiger partial charge in [0.1, 0.15) is 24.1 Å². The molecule has 2 unspecified atom stereocenters. The second-order valence-corrected chi connectivity index (χ2v) is 7.09. The molecule has 19 heavy (non-hydrogen) atoms. The van der Waals surface area contributed by atoms with E-state index in [0.29, 0.717) is 6.04 Å². The Kier molecular flexibility index (Phi) is 3.41. The number of ether oxygens (including phenoxy) is 1. The van der Waals surface area contributed by atoms with Gasteiger partial charge in [0.15, 0.2) is 11.2 Å². The van der Waals surface area contributed by atoms with E-state index in [4.69, 9.17) is 4.74 Å². The lowest BCUT2D eigenvalue weighted by Crippen LogP contribution is -2.44. The molecule has 6 heteroatoms. The molecular formula is C13H20N3O2S+. The van der Waals surface area contributed by atoms with Gasteiger partial charge >= 0.3 is 0 Å². The molecule has 2 fully saturated rings. The Balaban J connectivity index is 1.88. The van der Waals surface area contributed by atoms with E-state index in [2.05, 4.69) is 27.9 Å². The van der Waals surface area contributed by atoms with Gasteiger partial charge in [-0.2, -0.15) is 4.55 Å². The molecule has 0 radical (unpaired) electrons. The highest BCUT2D eigenvalue weighted by molar-refractivity contribution is 7.92. The number of nitrogens with zero attached hydrogens (tertiary/aromatic N) is 3. The summed E-state index contributed by atoms with van der Waals surface area (Å²) >= 11 is -0.621. The molecule has 1 N–H and O–H groups in total. The summed E-state index contributed by atoms with van der Waals surface area (Å²) in [6.45, 7) is 4.49. The number of morpholine rings is 1. The van der Waals surface area contributed by atoms with Crippen molar-refractivity contribution in [1.82, 2.24) is 9.97 Å². The summed E-state index contributed by atoms with van der Waals surface area (Å²) in [4.78, 5) is 11.0. The molecule has 1 aromatic heterocycles. The summed E-state index contributed by atoms with van der Waals surface area (Å²) in [6, 6.07) is 2.38. The largest absolute Gasteiger partial charge is 0.377 e. The topological polar surface area (TPSA) is 58.5 Å². The van der Waals surface area contributed by atoms with Gasteiger partial charge in [0, 0.05) is 25.5 Å². The SMILES string of the molecule is CC1COCCN1c1cc(C2([S+](C)O)CC2)ncn1. The molecule has 0 bridgehead atoms. The van der Waals surface area contributed by atoms with Gasteiger partial charge in [-0.1, -0.05) is 0 Å². The molecular weight excluding hydrogens is 262 g/mol. The Labute approximate surface area is 116 Å². The second kappa shape index (κ2) is 4.92. The van der Waals surface area contributed by atoms with E-state index < -0.39 is 11.2 Å². The molecule has 0 aromatic carbocycles. The number of hydrogen-bond acceptors (Lipinski definition) is 5. The van der Waals surface area contributed by atoms with E-state index >= 15 is 0 Å². The standard InChI is InChI=1S/C13H20N3O2S/c1-10-8-18-6-5-16(10)12-7-11(14-9-15-12)13(3-4-13)19(2)17/h7,9-10,17H,3-6,8H2,1-2H3/q+1. The fourth-order valence-corrected chi connectivity index (χ4v) is 3.74. The number of anilines is 1. The van der Waals surface area contributed by atoms with Crippen LogP contribution in [0.2, 0.25) is 0 Å². The van der Waals surface area contributed by atoms with Gasteiger partial charge < -0.3 is 9.64 Å². The quantitative estimate of drug-likeness (QED) is 0.850. The summed E-state index contributed by atoms with van der Waals surface area (Å²) in [6.07, 6.45) is 5.56. The van der Waals surface area contributed by atoms with Crippen molar-refractivity contribution in [3.63, 3.8) is 0 Å². The van der Waals surface area contributed by atoms with Crippen LogP contribution in [0.25, 0.3) is 0 Å². The van der Waals surface area contributed by atoms with Crippen LogP contribution in [0.3, 0.4) is 0 Å². The molecule has 1 aromatic rings. The second-order valence-electron chi connectivity index (χ2n) is 5.35. The van der Waals surface area contributed by atoms with Crippen molar-refractivity contribution in [2.24, 2.45) is 0 Å². The predicted octanol–water partition coefficient (Wildman–Crippen LogP) is 1.41. The number of hydrogen-bond donors (Lipinski definition) is 1. The lowest BCUT2D eigenvalue weighted by molar-refractivity contribution is 0.0985. The predicted molar refractivity (Wildman–Crippen MR) is 76.5 cm³/mol. The Hall–Kier alpha value is -0.850. The van der Waals surface area contributed by atoms with Crippen molar-refractivity contribution in [3.8, 4) is 0 Å². The van der Waals surface area contributed by atoms with Crippen LogP contribution in [0.4, 0.5) is 5.82 Å². The molecule has 104 valence electrons. The van der Waals surface area contributed by atoms with Crippen molar-refractivity contribution in [2.45, 2.75) is 30.6 Å². The molecule has 1 aliphatic carbocycles.